The maximum absolute atomic E-state index is 6.09. The molecule has 7 heteroatoms. The fourth-order valence-corrected chi connectivity index (χ4v) is 2.94. The molecule has 2 aromatic heterocycles. The largest absolute Gasteiger partial charge is 0.323 e. The third-order valence-corrected chi connectivity index (χ3v) is 4.46. The number of thiophene rings is 1. The van der Waals surface area contributed by atoms with E-state index in [4.69, 9.17) is 5.73 Å². The molecule has 5 nitrogen and oxygen atoms in total. The molecule has 86 valence electrons. The summed E-state index contributed by atoms with van der Waals surface area (Å²) < 4.78 is 1.13. The summed E-state index contributed by atoms with van der Waals surface area (Å²) in [5.41, 5.74) is 7.30. The zero-order valence-corrected chi connectivity index (χ0v) is 11.4. The second-order valence-electron chi connectivity index (χ2n) is 3.61. The Bertz CT molecular complexity index is 472. The summed E-state index contributed by atoms with van der Waals surface area (Å²) in [5.74, 6) is 0.678. The van der Waals surface area contributed by atoms with Crippen molar-refractivity contribution in [1.82, 2.24) is 20.2 Å². The third-order valence-electron chi connectivity index (χ3n) is 2.19. The average Bonchev–Trinajstić information content (AvgIpc) is 2.75. The van der Waals surface area contributed by atoms with E-state index in [1.807, 2.05) is 0 Å². The number of nitrogens with two attached hydrogens (primary N) is 1. The summed E-state index contributed by atoms with van der Waals surface area (Å²) in [4.78, 5) is 2.58. The summed E-state index contributed by atoms with van der Waals surface area (Å²) in [6.07, 6.45) is 0.611. The maximum atomic E-state index is 6.09. The first-order valence-corrected chi connectivity index (χ1v) is 6.41. The molecule has 0 aliphatic carbocycles. The second-order valence-corrected chi connectivity index (χ2v) is 6.01. The summed E-state index contributed by atoms with van der Waals surface area (Å²) in [7, 11) is 1.74. The van der Waals surface area contributed by atoms with Gasteiger partial charge in [-0.1, -0.05) is 0 Å². The lowest BCUT2D eigenvalue weighted by Gasteiger charge is -2.05. The monoisotopic (exact) mass is 301 g/mol. The first-order chi connectivity index (χ1) is 7.56. The van der Waals surface area contributed by atoms with Crippen LogP contribution in [0.25, 0.3) is 0 Å². The molecule has 1 unspecified atom stereocenters. The molecule has 16 heavy (non-hydrogen) atoms. The fourth-order valence-electron chi connectivity index (χ4n) is 1.37. The van der Waals surface area contributed by atoms with E-state index in [0.29, 0.717) is 12.2 Å². The highest BCUT2D eigenvalue weighted by molar-refractivity contribution is 9.11. The van der Waals surface area contributed by atoms with E-state index < -0.39 is 0 Å². The van der Waals surface area contributed by atoms with Gasteiger partial charge in [0.05, 0.1) is 10.8 Å². The van der Waals surface area contributed by atoms with Gasteiger partial charge in [0.25, 0.3) is 0 Å². The lowest BCUT2D eigenvalue weighted by molar-refractivity contribution is 0.623. The molecule has 2 aromatic rings. The predicted octanol–water partition coefficient (Wildman–Crippen LogP) is 1.59. The molecule has 2 heterocycles. The van der Waals surface area contributed by atoms with E-state index >= 15 is 0 Å². The van der Waals surface area contributed by atoms with Crippen LogP contribution in [0.15, 0.2) is 9.85 Å². The smallest absolute Gasteiger partial charge is 0.176 e. The number of rotatable bonds is 3. The molecule has 0 saturated heterocycles. The molecule has 0 aliphatic heterocycles. The van der Waals surface area contributed by atoms with Crippen LogP contribution in [-0.2, 0) is 13.5 Å². The van der Waals surface area contributed by atoms with Crippen molar-refractivity contribution in [2.24, 2.45) is 12.8 Å². The van der Waals surface area contributed by atoms with Gasteiger partial charge in [0, 0.05) is 17.3 Å². The van der Waals surface area contributed by atoms with Gasteiger partial charge in [0.1, 0.15) is 0 Å². The highest BCUT2D eigenvalue weighted by Gasteiger charge is 2.14. The third kappa shape index (κ3) is 2.47. The van der Waals surface area contributed by atoms with Crippen LogP contribution < -0.4 is 5.73 Å². The number of hydrogen-bond donors (Lipinski definition) is 1. The highest BCUT2D eigenvalue weighted by Crippen LogP contribution is 2.31. The first-order valence-electron chi connectivity index (χ1n) is 4.80. The molecule has 0 saturated carbocycles. The van der Waals surface area contributed by atoms with Gasteiger partial charge in [-0.3, -0.25) is 0 Å². The van der Waals surface area contributed by atoms with Crippen molar-refractivity contribution in [3.8, 4) is 0 Å². The summed E-state index contributed by atoms with van der Waals surface area (Å²) in [6.45, 7) is 2.05. The molecule has 1 atom stereocenters. The molecule has 2 rings (SSSR count). The molecule has 0 bridgehead atoms. The zero-order valence-electron chi connectivity index (χ0n) is 9.01. The Labute approximate surface area is 106 Å². The van der Waals surface area contributed by atoms with Crippen molar-refractivity contribution in [1.29, 1.82) is 0 Å². The van der Waals surface area contributed by atoms with Crippen LogP contribution in [0.4, 0.5) is 0 Å². The Morgan fingerprint density at radius 2 is 2.38 bits per heavy atom. The Morgan fingerprint density at radius 3 is 2.88 bits per heavy atom. The van der Waals surface area contributed by atoms with Crippen molar-refractivity contribution >= 4 is 27.3 Å². The SMILES string of the molecule is Cc1cc(C(N)Cc2nnn(C)n2)sc1Br. The Kier molecular flexibility index (Phi) is 3.36. The van der Waals surface area contributed by atoms with Crippen molar-refractivity contribution in [3.05, 3.63) is 26.1 Å². The molecule has 0 radical (unpaired) electrons. The number of nitrogens with zero attached hydrogens (tertiary/aromatic N) is 4. The maximum Gasteiger partial charge on any atom is 0.176 e. The molecular weight excluding hydrogens is 290 g/mol. The standard InChI is InChI=1S/C9H12BrN5S/c1-5-3-7(16-9(5)10)6(11)4-8-12-14-15(2)13-8/h3,6H,4,11H2,1-2H3. The highest BCUT2D eigenvalue weighted by atomic mass is 79.9. The zero-order chi connectivity index (χ0) is 11.7. The van der Waals surface area contributed by atoms with Crippen LogP contribution in [0.3, 0.4) is 0 Å². The van der Waals surface area contributed by atoms with Gasteiger partial charge in [-0.2, -0.15) is 4.80 Å². The lowest BCUT2D eigenvalue weighted by atomic mass is 10.1. The lowest BCUT2D eigenvalue weighted by Crippen LogP contribution is -2.13. The van der Waals surface area contributed by atoms with Crippen LogP contribution in [-0.4, -0.2) is 20.2 Å². The molecule has 0 aromatic carbocycles. The molecule has 0 spiro atoms. The summed E-state index contributed by atoms with van der Waals surface area (Å²) in [5, 5.41) is 11.8. The predicted molar refractivity (Wildman–Crippen MR) is 66.2 cm³/mol. The molecule has 0 fully saturated rings. The summed E-state index contributed by atoms with van der Waals surface area (Å²) in [6, 6.07) is 2.02. The van der Waals surface area contributed by atoms with Gasteiger partial charge >= 0.3 is 0 Å². The molecule has 0 aliphatic rings. The Morgan fingerprint density at radius 1 is 1.62 bits per heavy atom. The minimum Gasteiger partial charge on any atom is -0.323 e. The fraction of sp³-hybridized carbons (Fsp3) is 0.444. The van der Waals surface area contributed by atoms with Crippen molar-refractivity contribution in [2.75, 3.05) is 0 Å². The van der Waals surface area contributed by atoms with Gasteiger partial charge in [0.2, 0.25) is 0 Å². The molecular formula is C9H12BrN5S. The number of halogens is 1. The van der Waals surface area contributed by atoms with Crippen LogP contribution in [0.5, 0.6) is 0 Å². The van der Waals surface area contributed by atoms with Gasteiger partial charge in [-0.15, -0.1) is 21.5 Å². The van der Waals surface area contributed by atoms with Crippen LogP contribution >= 0.6 is 27.3 Å². The number of tetrazole rings is 1. The van der Waals surface area contributed by atoms with Crippen molar-refractivity contribution in [3.63, 3.8) is 0 Å². The van der Waals surface area contributed by atoms with Gasteiger partial charge in [-0.25, -0.2) is 0 Å². The van der Waals surface area contributed by atoms with E-state index in [1.165, 1.54) is 10.4 Å². The van der Waals surface area contributed by atoms with E-state index in [9.17, 15) is 0 Å². The number of aromatic nitrogens is 4. The summed E-state index contributed by atoms with van der Waals surface area (Å²) >= 11 is 5.15. The Balaban J connectivity index is 2.11. The van der Waals surface area contributed by atoms with Gasteiger partial charge in [-0.05, 0) is 39.7 Å². The van der Waals surface area contributed by atoms with Crippen LogP contribution in [0.1, 0.15) is 22.3 Å². The van der Waals surface area contributed by atoms with Crippen LogP contribution in [0, 0.1) is 6.92 Å². The van der Waals surface area contributed by atoms with Crippen molar-refractivity contribution < 1.29 is 0 Å². The average molecular weight is 302 g/mol. The first kappa shape index (κ1) is 11.7. The number of aryl methyl sites for hydroxylation is 2. The van der Waals surface area contributed by atoms with E-state index in [-0.39, 0.29) is 6.04 Å². The molecule has 2 N–H and O–H groups in total. The van der Waals surface area contributed by atoms with Crippen LogP contribution in [0.2, 0.25) is 0 Å². The Hall–Kier alpha value is -0.790. The van der Waals surface area contributed by atoms with Gasteiger partial charge < -0.3 is 5.73 Å². The minimum absolute atomic E-state index is 0.0702. The minimum atomic E-state index is -0.0702. The second kappa shape index (κ2) is 4.60. The molecule has 0 amide bonds. The quantitative estimate of drug-likeness (QED) is 0.934. The van der Waals surface area contributed by atoms with E-state index in [0.717, 1.165) is 8.66 Å². The number of hydrogen-bond acceptors (Lipinski definition) is 5. The topological polar surface area (TPSA) is 69.6 Å². The van der Waals surface area contributed by atoms with Gasteiger partial charge in [0.15, 0.2) is 5.82 Å². The normalized spacial score (nSPS) is 13.0. The van der Waals surface area contributed by atoms with E-state index in [2.05, 4.69) is 44.3 Å². The van der Waals surface area contributed by atoms with Crippen molar-refractivity contribution in [2.45, 2.75) is 19.4 Å². The van der Waals surface area contributed by atoms with E-state index in [1.54, 1.807) is 18.4 Å².